The zero-order valence-corrected chi connectivity index (χ0v) is 7.70. The summed E-state index contributed by atoms with van der Waals surface area (Å²) in [5.74, 6) is -0.920. The molecule has 0 aromatic rings. The predicted octanol–water partition coefficient (Wildman–Crippen LogP) is -0.0369. The molecular weight excluding hydrogens is 188 g/mol. The van der Waals surface area contributed by atoms with E-state index >= 15 is 0 Å². The maximum atomic E-state index is 10.0. The lowest BCUT2D eigenvalue weighted by molar-refractivity contribution is -0.517. The van der Waals surface area contributed by atoms with Gasteiger partial charge in [-0.1, -0.05) is 6.92 Å². The van der Waals surface area contributed by atoms with Crippen LogP contribution < -0.4 is 6.15 Å². The molecule has 0 aromatic carbocycles. The molecule has 0 amide bonds. The minimum Gasteiger partial charge on any atom is -0.748 e. The van der Waals surface area contributed by atoms with Gasteiger partial charge in [0.05, 0.1) is 0 Å². The van der Waals surface area contributed by atoms with Crippen LogP contribution in [0.25, 0.3) is 0 Å². The van der Waals surface area contributed by atoms with E-state index in [4.69, 9.17) is 0 Å². The molecule has 0 rings (SSSR count). The molecule has 0 saturated heterocycles. The van der Waals surface area contributed by atoms with Crippen molar-refractivity contribution in [3.8, 4) is 0 Å². The molecule has 0 spiro atoms. The maximum Gasteiger partial charge on any atom is 0.225 e. The van der Waals surface area contributed by atoms with Gasteiger partial charge in [0, 0.05) is 11.3 Å². The second kappa shape index (κ2) is 5.01. The standard InChI is InChI=1S/C4H9NO5S.H3N/c1-2-4(5(6)7)3-11(8,9)10;/h4H,2-3H2,1H3,(H,8,9,10);1H3. The summed E-state index contributed by atoms with van der Waals surface area (Å²) in [7, 11) is -4.47. The van der Waals surface area contributed by atoms with Gasteiger partial charge in [-0.05, 0) is 0 Å². The van der Waals surface area contributed by atoms with Crippen LogP contribution in [0, 0.1) is 10.1 Å². The van der Waals surface area contributed by atoms with Gasteiger partial charge in [0.15, 0.2) is 0 Å². The van der Waals surface area contributed by atoms with Crippen molar-refractivity contribution in [3.63, 3.8) is 0 Å². The zero-order valence-electron chi connectivity index (χ0n) is 6.89. The van der Waals surface area contributed by atoms with Crippen LogP contribution in [-0.4, -0.2) is 29.7 Å². The number of hydrogen-bond donors (Lipinski definition) is 1. The first kappa shape index (κ1) is 13.8. The van der Waals surface area contributed by atoms with E-state index in [-0.39, 0.29) is 12.6 Å². The summed E-state index contributed by atoms with van der Waals surface area (Å²) in [4.78, 5) is 9.26. The second-order valence-corrected chi connectivity index (χ2v) is 3.52. The van der Waals surface area contributed by atoms with E-state index in [0.717, 1.165) is 0 Å². The average molecular weight is 200 g/mol. The Morgan fingerprint density at radius 3 is 2.00 bits per heavy atom. The summed E-state index contributed by atoms with van der Waals surface area (Å²) in [6.45, 7) is 1.46. The molecule has 8 heteroatoms. The molecule has 0 aliphatic heterocycles. The Morgan fingerprint density at radius 2 is 1.92 bits per heavy atom. The van der Waals surface area contributed by atoms with Crippen LogP contribution >= 0.6 is 0 Å². The summed E-state index contributed by atoms with van der Waals surface area (Å²) < 4.78 is 30.1. The van der Waals surface area contributed by atoms with Crippen LogP contribution in [0.3, 0.4) is 0 Å². The van der Waals surface area contributed by atoms with Gasteiger partial charge in [-0.15, -0.1) is 0 Å². The van der Waals surface area contributed by atoms with Crippen LogP contribution in [-0.2, 0) is 10.1 Å². The molecule has 1 unspecified atom stereocenters. The van der Waals surface area contributed by atoms with Gasteiger partial charge in [-0.2, -0.15) is 0 Å². The summed E-state index contributed by atoms with van der Waals surface area (Å²) in [6.07, 6.45) is 0.0501. The third-order valence-corrected chi connectivity index (χ3v) is 1.96. The Balaban J connectivity index is 0. The van der Waals surface area contributed by atoms with Crippen molar-refractivity contribution in [2.45, 2.75) is 19.4 Å². The van der Waals surface area contributed by atoms with Gasteiger partial charge in [0.25, 0.3) is 0 Å². The van der Waals surface area contributed by atoms with Crippen LogP contribution in [0.2, 0.25) is 0 Å². The lowest BCUT2D eigenvalue weighted by atomic mass is 10.3. The average Bonchev–Trinajstić information content (AvgIpc) is 1.80. The summed E-state index contributed by atoms with van der Waals surface area (Å²) >= 11 is 0. The van der Waals surface area contributed by atoms with Crippen molar-refractivity contribution in [1.82, 2.24) is 6.15 Å². The van der Waals surface area contributed by atoms with E-state index in [1.165, 1.54) is 6.92 Å². The minimum atomic E-state index is -4.47. The smallest absolute Gasteiger partial charge is 0.225 e. The maximum absolute atomic E-state index is 10.0. The highest BCUT2D eigenvalue weighted by atomic mass is 32.2. The Hall–Kier alpha value is -0.730. The number of rotatable bonds is 4. The molecule has 0 saturated carbocycles. The van der Waals surface area contributed by atoms with E-state index in [0.29, 0.717) is 0 Å². The highest BCUT2D eigenvalue weighted by Crippen LogP contribution is 1.99. The van der Waals surface area contributed by atoms with Gasteiger partial charge < -0.3 is 10.7 Å². The molecule has 0 aromatic heterocycles. The predicted molar refractivity (Wildman–Crippen MR) is 41.6 cm³/mol. The van der Waals surface area contributed by atoms with Crippen LogP contribution in [0.1, 0.15) is 13.3 Å². The van der Waals surface area contributed by atoms with Gasteiger partial charge in [-0.25, -0.2) is 8.42 Å². The molecule has 0 aliphatic carbocycles. The monoisotopic (exact) mass is 200 g/mol. The van der Waals surface area contributed by atoms with Crippen molar-refractivity contribution in [2.75, 3.05) is 5.75 Å². The van der Waals surface area contributed by atoms with Gasteiger partial charge in [0.2, 0.25) is 6.04 Å². The first-order chi connectivity index (χ1) is 4.87. The molecule has 0 aliphatic rings. The van der Waals surface area contributed by atoms with E-state index in [9.17, 15) is 23.1 Å². The zero-order chi connectivity index (χ0) is 9.07. The Kier molecular flexibility index (Phi) is 5.78. The molecule has 0 radical (unpaired) electrons. The Labute approximate surface area is 70.3 Å². The fraction of sp³-hybridized carbons (Fsp3) is 1.00. The SMILES string of the molecule is CCC(CS(=O)(=O)[O-])[N+](=O)[O-].[NH4+]. The molecule has 7 nitrogen and oxygen atoms in total. The van der Waals surface area contributed by atoms with Crippen molar-refractivity contribution < 1.29 is 17.9 Å². The fourth-order valence-corrected chi connectivity index (χ4v) is 1.39. The number of nitro groups is 1. The molecule has 0 fully saturated rings. The molecule has 0 bridgehead atoms. The van der Waals surface area contributed by atoms with Crippen molar-refractivity contribution >= 4 is 10.1 Å². The lowest BCUT2D eigenvalue weighted by Crippen LogP contribution is -2.27. The van der Waals surface area contributed by atoms with E-state index in [1.807, 2.05) is 0 Å². The summed E-state index contributed by atoms with van der Waals surface area (Å²) in [6, 6.07) is -1.27. The number of quaternary nitrogens is 1. The van der Waals surface area contributed by atoms with Crippen molar-refractivity contribution in [2.24, 2.45) is 0 Å². The van der Waals surface area contributed by atoms with Crippen LogP contribution in [0.15, 0.2) is 0 Å². The quantitative estimate of drug-likeness (QED) is 0.385. The Morgan fingerprint density at radius 1 is 1.50 bits per heavy atom. The minimum absolute atomic E-state index is 0. The van der Waals surface area contributed by atoms with Crippen molar-refractivity contribution in [1.29, 1.82) is 0 Å². The van der Waals surface area contributed by atoms with Gasteiger partial charge >= 0.3 is 0 Å². The first-order valence-electron chi connectivity index (χ1n) is 2.94. The van der Waals surface area contributed by atoms with E-state index in [2.05, 4.69) is 0 Å². The molecule has 4 N–H and O–H groups in total. The summed E-state index contributed by atoms with van der Waals surface area (Å²) in [5.41, 5.74) is 0. The number of hydrogen-bond acceptors (Lipinski definition) is 5. The number of nitrogens with zero attached hydrogens (tertiary/aromatic N) is 1. The highest BCUT2D eigenvalue weighted by Gasteiger charge is 2.20. The lowest BCUT2D eigenvalue weighted by Gasteiger charge is -2.09. The van der Waals surface area contributed by atoms with Gasteiger partial charge in [-0.3, -0.25) is 10.1 Å². The Bertz CT molecular complexity index is 236. The van der Waals surface area contributed by atoms with Crippen LogP contribution in [0.4, 0.5) is 0 Å². The molecule has 74 valence electrons. The highest BCUT2D eigenvalue weighted by molar-refractivity contribution is 7.85. The normalized spacial score (nSPS) is 13.2. The molecular formula is C4H12N2O5S. The molecule has 12 heavy (non-hydrogen) atoms. The fourth-order valence-electron chi connectivity index (χ4n) is 0.563. The molecule has 0 heterocycles. The van der Waals surface area contributed by atoms with Gasteiger partial charge in [0.1, 0.15) is 15.9 Å². The van der Waals surface area contributed by atoms with E-state index in [1.54, 1.807) is 0 Å². The van der Waals surface area contributed by atoms with Crippen LogP contribution in [0.5, 0.6) is 0 Å². The first-order valence-corrected chi connectivity index (χ1v) is 4.51. The third kappa shape index (κ3) is 6.01. The van der Waals surface area contributed by atoms with Crippen molar-refractivity contribution in [3.05, 3.63) is 10.1 Å². The second-order valence-electron chi connectivity index (χ2n) is 2.07. The molecule has 1 atom stereocenters. The third-order valence-electron chi connectivity index (χ3n) is 1.17. The summed E-state index contributed by atoms with van der Waals surface area (Å²) in [5, 5.41) is 10.0. The van der Waals surface area contributed by atoms with E-state index < -0.39 is 26.8 Å². The largest absolute Gasteiger partial charge is 0.748 e. The topological polar surface area (TPSA) is 137 Å².